The second-order valence-electron chi connectivity index (χ2n) is 4.30. The maximum absolute atomic E-state index is 12.0. The van der Waals surface area contributed by atoms with Gasteiger partial charge in [0.2, 0.25) is 0 Å². The largest absolute Gasteiger partial charge is 0.397 e. The number of thiophene rings is 1. The van der Waals surface area contributed by atoms with Gasteiger partial charge in [0.25, 0.3) is 5.91 Å². The molecular weight excluding hydrogens is 260 g/mol. The molecule has 5 heteroatoms. The van der Waals surface area contributed by atoms with Crippen LogP contribution >= 0.6 is 11.3 Å². The molecule has 2 aromatic rings. The monoisotopic (exact) mass is 278 g/mol. The Morgan fingerprint density at radius 3 is 3.00 bits per heavy atom. The molecule has 0 aliphatic carbocycles. The molecule has 0 spiro atoms. The van der Waals surface area contributed by atoms with E-state index in [-0.39, 0.29) is 5.91 Å². The normalized spacial score (nSPS) is 10.8. The molecule has 0 bridgehead atoms. The highest BCUT2D eigenvalue weighted by molar-refractivity contribution is 7.21. The number of nitrogen functional groups attached to an aromatic ring is 1. The lowest BCUT2D eigenvalue weighted by Crippen LogP contribution is -2.27. The average molecular weight is 278 g/mol. The molecule has 3 N–H and O–H groups in total. The summed E-state index contributed by atoms with van der Waals surface area (Å²) in [5.41, 5.74) is 7.77. The van der Waals surface area contributed by atoms with E-state index in [9.17, 15) is 4.79 Å². The number of fused-ring (bicyclic) bond motifs is 1. The zero-order valence-corrected chi connectivity index (χ0v) is 12.0. The minimum atomic E-state index is -0.129. The number of nitrogens with one attached hydrogen (secondary N) is 1. The second kappa shape index (κ2) is 6.04. The first kappa shape index (κ1) is 13.8. The first-order valence-corrected chi connectivity index (χ1v) is 7.09. The van der Waals surface area contributed by atoms with Crippen LogP contribution in [0.4, 0.5) is 5.69 Å². The molecule has 0 fully saturated rings. The highest BCUT2D eigenvalue weighted by atomic mass is 32.1. The van der Waals surface area contributed by atoms with E-state index < -0.39 is 0 Å². The number of rotatable bonds is 5. The number of hydrogen-bond acceptors (Lipinski definition) is 4. The Bertz CT molecular complexity index is 592. The van der Waals surface area contributed by atoms with Gasteiger partial charge < -0.3 is 15.8 Å². The fraction of sp³-hybridized carbons (Fsp3) is 0.357. The summed E-state index contributed by atoms with van der Waals surface area (Å²) in [7, 11) is 0. The van der Waals surface area contributed by atoms with Crippen molar-refractivity contribution in [2.45, 2.75) is 13.8 Å². The van der Waals surface area contributed by atoms with Gasteiger partial charge in [0.05, 0.1) is 12.3 Å². The van der Waals surface area contributed by atoms with Gasteiger partial charge in [-0.05, 0) is 25.5 Å². The van der Waals surface area contributed by atoms with Gasteiger partial charge in [-0.15, -0.1) is 11.3 Å². The summed E-state index contributed by atoms with van der Waals surface area (Å²) >= 11 is 1.43. The van der Waals surface area contributed by atoms with Gasteiger partial charge in [-0.25, -0.2) is 0 Å². The van der Waals surface area contributed by atoms with Crippen LogP contribution in [0.1, 0.15) is 22.2 Å². The van der Waals surface area contributed by atoms with E-state index in [0.717, 1.165) is 15.6 Å². The smallest absolute Gasteiger partial charge is 0.263 e. The van der Waals surface area contributed by atoms with E-state index in [1.807, 2.05) is 32.0 Å². The summed E-state index contributed by atoms with van der Waals surface area (Å²) in [4.78, 5) is 12.6. The molecule has 4 nitrogen and oxygen atoms in total. The molecule has 0 saturated carbocycles. The third kappa shape index (κ3) is 3.05. The number of amides is 1. The lowest BCUT2D eigenvalue weighted by Gasteiger charge is -2.04. The number of carbonyl (C=O) groups is 1. The first-order chi connectivity index (χ1) is 9.13. The van der Waals surface area contributed by atoms with Gasteiger partial charge in [0.1, 0.15) is 4.88 Å². The van der Waals surface area contributed by atoms with Gasteiger partial charge in [0, 0.05) is 23.2 Å². The van der Waals surface area contributed by atoms with Crippen LogP contribution in [-0.2, 0) is 4.74 Å². The Kier molecular flexibility index (Phi) is 4.39. The van der Waals surface area contributed by atoms with Crippen molar-refractivity contribution >= 4 is 33.0 Å². The molecule has 102 valence electrons. The summed E-state index contributed by atoms with van der Waals surface area (Å²) in [5.74, 6) is -0.129. The van der Waals surface area contributed by atoms with E-state index >= 15 is 0 Å². The van der Waals surface area contributed by atoms with Crippen molar-refractivity contribution in [3.8, 4) is 0 Å². The Balaban J connectivity index is 2.15. The van der Waals surface area contributed by atoms with Crippen molar-refractivity contribution in [2.75, 3.05) is 25.5 Å². The van der Waals surface area contributed by atoms with Crippen molar-refractivity contribution < 1.29 is 9.53 Å². The molecule has 1 aromatic heterocycles. The highest BCUT2D eigenvalue weighted by Crippen LogP contribution is 2.33. The van der Waals surface area contributed by atoms with E-state index in [1.54, 1.807) is 0 Å². The molecule has 0 aliphatic rings. The Morgan fingerprint density at radius 2 is 2.26 bits per heavy atom. The van der Waals surface area contributed by atoms with Crippen LogP contribution in [-0.4, -0.2) is 25.7 Å². The Morgan fingerprint density at radius 1 is 1.47 bits per heavy atom. The number of ether oxygens (including phenoxy) is 1. The third-order valence-electron chi connectivity index (χ3n) is 2.83. The van der Waals surface area contributed by atoms with Crippen molar-refractivity contribution in [1.29, 1.82) is 0 Å². The van der Waals surface area contributed by atoms with Gasteiger partial charge in [0.15, 0.2) is 0 Å². The number of nitrogens with two attached hydrogens (primary N) is 1. The van der Waals surface area contributed by atoms with Crippen LogP contribution in [0, 0.1) is 6.92 Å². The maximum Gasteiger partial charge on any atom is 0.263 e. The van der Waals surface area contributed by atoms with Gasteiger partial charge in [-0.1, -0.05) is 12.1 Å². The number of hydrogen-bond donors (Lipinski definition) is 2. The van der Waals surface area contributed by atoms with E-state index in [1.165, 1.54) is 11.3 Å². The zero-order valence-electron chi connectivity index (χ0n) is 11.2. The van der Waals surface area contributed by atoms with Crippen molar-refractivity contribution in [3.05, 3.63) is 28.6 Å². The van der Waals surface area contributed by atoms with Crippen molar-refractivity contribution in [3.63, 3.8) is 0 Å². The fourth-order valence-corrected chi connectivity index (χ4v) is 2.99. The molecule has 1 amide bonds. The molecule has 0 atom stereocenters. The SMILES string of the molecule is CCOCCNC(=O)c1sc2cc(C)ccc2c1N. The minimum absolute atomic E-state index is 0.129. The lowest BCUT2D eigenvalue weighted by atomic mass is 10.1. The quantitative estimate of drug-likeness (QED) is 0.826. The predicted molar refractivity (Wildman–Crippen MR) is 79.8 cm³/mol. The molecule has 0 saturated heterocycles. The minimum Gasteiger partial charge on any atom is -0.397 e. The summed E-state index contributed by atoms with van der Waals surface area (Å²) in [6.45, 7) is 5.62. The van der Waals surface area contributed by atoms with Crippen LogP contribution in [0.5, 0.6) is 0 Å². The lowest BCUT2D eigenvalue weighted by molar-refractivity contribution is 0.0927. The van der Waals surface area contributed by atoms with E-state index in [4.69, 9.17) is 10.5 Å². The van der Waals surface area contributed by atoms with Gasteiger partial charge in [-0.2, -0.15) is 0 Å². The fourth-order valence-electron chi connectivity index (χ4n) is 1.85. The summed E-state index contributed by atoms with van der Waals surface area (Å²) in [6, 6.07) is 6.02. The predicted octanol–water partition coefficient (Wildman–Crippen LogP) is 2.56. The molecule has 1 aromatic carbocycles. The molecular formula is C14H18N2O2S. The zero-order chi connectivity index (χ0) is 13.8. The first-order valence-electron chi connectivity index (χ1n) is 6.28. The summed E-state index contributed by atoms with van der Waals surface area (Å²) in [6.07, 6.45) is 0. The average Bonchev–Trinajstić information content (AvgIpc) is 2.71. The standard InChI is InChI=1S/C14H18N2O2S/c1-3-18-7-6-16-14(17)13-12(15)10-5-4-9(2)8-11(10)19-13/h4-5,8H,3,6-7,15H2,1-2H3,(H,16,17). The van der Waals surface area contributed by atoms with Crippen LogP contribution in [0.25, 0.3) is 10.1 Å². The molecule has 0 radical (unpaired) electrons. The summed E-state index contributed by atoms with van der Waals surface area (Å²) < 4.78 is 6.23. The van der Waals surface area contributed by atoms with Crippen LogP contribution in [0.2, 0.25) is 0 Å². The van der Waals surface area contributed by atoms with Gasteiger partial charge in [-0.3, -0.25) is 4.79 Å². The van der Waals surface area contributed by atoms with Crippen molar-refractivity contribution in [2.24, 2.45) is 0 Å². The van der Waals surface area contributed by atoms with Crippen molar-refractivity contribution in [1.82, 2.24) is 5.32 Å². The van der Waals surface area contributed by atoms with Gasteiger partial charge >= 0.3 is 0 Å². The number of benzene rings is 1. The number of carbonyl (C=O) groups excluding carboxylic acids is 1. The summed E-state index contributed by atoms with van der Waals surface area (Å²) in [5, 5.41) is 3.77. The van der Waals surface area contributed by atoms with E-state index in [0.29, 0.717) is 30.3 Å². The molecule has 1 heterocycles. The Labute approximate surface area is 116 Å². The third-order valence-corrected chi connectivity index (χ3v) is 3.99. The highest BCUT2D eigenvalue weighted by Gasteiger charge is 2.15. The molecule has 19 heavy (non-hydrogen) atoms. The van der Waals surface area contributed by atoms with Crippen LogP contribution in [0.15, 0.2) is 18.2 Å². The number of aryl methyl sites for hydroxylation is 1. The second-order valence-corrected chi connectivity index (χ2v) is 5.35. The molecule has 2 rings (SSSR count). The molecule has 0 unspecified atom stereocenters. The number of anilines is 1. The van der Waals surface area contributed by atoms with E-state index in [2.05, 4.69) is 5.32 Å². The Hall–Kier alpha value is -1.59. The maximum atomic E-state index is 12.0. The topological polar surface area (TPSA) is 64.3 Å². The van der Waals surface area contributed by atoms with Crippen LogP contribution in [0.3, 0.4) is 0 Å². The molecule has 0 aliphatic heterocycles. The van der Waals surface area contributed by atoms with Crippen LogP contribution < -0.4 is 11.1 Å².